The van der Waals surface area contributed by atoms with Crippen LogP contribution in [0.5, 0.6) is 0 Å². The van der Waals surface area contributed by atoms with Crippen LogP contribution in [0.3, 0.4) is 0 Å². The first-order valence-electron chi connectivity index (χ1n) is 8.73. The molecule has 0 aromatic rings. The van der Waals surface area contributed by atoms with Crippen molar-refractivity contribution in [2.45, 2.75) is 64.6 Å². The molecule has 1 rings (SSSR count). The first-order valence-corrected chi connectivity index (χ1v) is 8.73. The molecule has 0 unspecified atom stereocenters. The zero-order valence-corrected chi connectivity index (χ0v) is 14.2. The van der Waals surface area contributed by atoms with Gasteiger partial charge in [0, 0.05) is 0 Å². The Morgan fingerprint density at radius 1 is 0.636 bits per heavy atom. The summed E-state index contributed by atoms with van der Waals surface area (Å²) in [6, 6.07) is 0. The van der Waals surface area contributed by atoms with Gasteiger partial charge in [-0.15, -0.1) is 0 Å². The van der Waals surface area contributed by atoms with Gasteiger partial charge >= 0.3 is 0 Å². The molecule has 0 heterocycles. The number of ether oxygens (including phenoxy) is 2. The topological polar surface area (TPSA) is 18.5 Å². The number of rotatable bonds is 10. The monoisotopic (exact) mass is 304 g/mol. The molecule has 0 aromatic heterocycles. The van der Waals surface area contributed by atoms with Crippen LogP contribution in [0, 0.1) is 0 Å². The molecule has 0 aliphatic heterocycles. The van der Waals surface area contributed by atoms with Crippen LogP contribution in [-0.4, -0.2) is 25.4 Å². The molecule has 0 spiro atoms. The summed E-state index contributed by atoms with van der Waals surface area (Å²) in [4.78, 5) is 0. The molecular formula is C20H32O2. The molecule has 124 valence electrons. The van der Waals surface area contributed by atoms with Crippen molar-refractivity contribution in [3.05, 3.63) is 48.6 Å². The van der Waals surface area contributed by atoms with Crippen LogP contribution in [0.4, 0.5) is 0 Å². The highest BCUT2D eigenvalue weighted by atomic mass is 16.5. The smallest absolute Gasteiger partial charge is 0.0654 e. The molecule has 1 aliphatic rings. The fraction of sp³-hybridized carbons (Fsp3) is 0.600. The molecule has 2 nitrogen and oxygen atoms in total. The highest BCUT2D eigenvalue weighted by Gasteiger charge is 2.21. The van der Waals surface area contributed by atoms with Crippen molar-refractivity contribution >= 4 is 0 Å². The van der Waals surface area contributed by atoms with Gasteiger partial charge in [0.25, 0.3) is 0 Å². The van der Waals surface area contributed by atoms with E-state index in [1.165, 1.54) is 0 Å². The van der Waals surface area contributed by atoms with Crippen molar-refractivity contribution in [1.82, 2.24) is 0 Å². The molecule has 0 atom stereocenters. The summed E-state index contributed by atoms with van der Waals surface area (Å²) in [5.74, 6) is 0. The maximum atomic E-state index is 5.88. The van der Waals surface area contributed by atoms with Crippen LogP contribution >= 0.6 is 0 Å². The average Bonchev–Trinajstić information content (AvgIpc) is 2.55. The van der Waals surface area contributed by atoms with E-state index in [2.05, 4.69) is 62.5 Å². The number of hydrogen-bond acceptors (Lipinski definition) is 2. The van der Waals surface area contributed by atoms with Gasteiger partial charge in [-0.1, -0.05) is 62.5 Å². The minimum atomic E-state index is 0.405. The fourth-order valence-electron chi connectivity index (χ4n) is 2.45. The van der Waals surface area contributed by atoms with Crippen LogP contribution in [0.15, 0.2) is 48.6 Å². The Hall–Kier alpha value is -1.12. The first kappa shape index (κ1) is 18.9. The molecule has 0 saturated heterocycles. The molecule has 2 heteroatoms. The van der Waals surface area contributed by atoms with Gasteiger partial charge in [0.05, 0.1) is 25.4 Å². The molecule has 0 aromatic carbocycles. The predicted octanol–water partition coefficient (Wildman–Crippen LogP) is 5.38. The molecule has 1 fully saturated rings. The second kappa shape index (κ2) is 13.5. The van der Waals surface area contributed by atoms with Gasteiger partial charge in [-0.3, -0.25) is 0 Å². The van der Waals surface area contributed by atoms with E-state index in [4.69, 9.17) is 9.47 Å². The van der Waals surface area contributed by atoms with Crippen molar-refractivity contribution in [3.63, 3.8) is 0 Å². The van der Waals surface area contributed by atoms with E-state index in [0.717, 1.165) is 51.7 Å². The molecule has 0 radical (unpaired) electrons. The Morgan fingerprint density at radius 2 is 1.00 bits per heavy atom. The molecule has 0 bridgehead atoms. The van der Waals surface area contributed by atoms with E-state index < -0.39 is 0 Å². The highest BCUT2D eigenvalue weighted by molar-refractivity contribution is 5.02. The van der Waals surface area contributed by atoms with Crippen LogP contribution in [0.1, 0.15) is 52.4 Å². The molecule has 22 heavy (non-hydrogen) atoms. The third-order valence-corrected chi connectivity index (χ3v) is 3.72. The Morgan fingerprint density at radius 3 is 1.36 bits per heavy atom. The zero-order chi connectivity index (χ0) is 15.9. The van der Waals surface area contributed by atoms with E-state index in [1.807, 2.05) is 0 Å². The van der Waals surface area contributed by atoms with E-state index in [0.29, 0.717) is 12.2 Å². The van der Waals surface area contributed by atoms with Crippen molar-refractivity contribution < 1.29 is 9.47 Å². The quantitative estimate of drug-likeness (QED) is 0.505. The van der Waals surface area contributed by atoms with Crippen molar-refractivity contribution in [2.24, 2.45) is 0 Å². The lowest BCUT2D eigenvalue weighted by Crippen LogP contribution is -2.26. The van der Waals surface area contributed by atoms with Crippen molar-refractivity contribution in [3.8, 4) is 0 Å². The Balaban J connectivity index is 2.05. The number of allylic oxidation sites excluding steroid dienone is 6. The normalized spacial score (nSPS) is 23.5. The fourth-order valence-corrected chi connectivity index (χ4v) is 2.45. The Kier molecular flexibility index (Phi) is 11.6. The highest BCUT2D eigenvalue weighted by Crippen LogP contribution is 2.23. The average molecular weight is 304 g/mol. The summed E-state index contributed by atoms with van der Waals surface area (Å²) in [6.07, 6.45) is 24.2. The second-order valence-corrected chi connectivity index (χ2v) is 5.59. The lowest BCUT2D eigenvalue weighted by atomic mass is 9.95. The van der Waals surface area contributed by atoms with Gasteiger partial charge in [0.15, 0.2) is 0 Å². The van der Waals surface area contributed by atoms with E-state index in [-0.39, 0.29) is 0 Å². The Bertz CT molecular complexity index is 322. The van der Waals surface area contributed by atoms with Crippen LogP contribution in [0.2, 0.25) is 0 Å². The predicted molar refractivity (Wildman–Crippen MR) is 95.1 cm³/mol. The summed E-state index contributed by atoms with van der Waals surface area (Å²) in [5.41, 5.74) is 0. The summed E-state index contributed by atoms with van der Waals surface area (Å²) in [6.45, 7) is 5.71. The molecule has 0 N–H and O–H groups in total. The lowest BCUT2D eigenvalue weighted by Gasteiger charge is -2.28. The van der Waals surface area contributed by atoms with Gasteiger partial charge in [0.1, 0.15) is 0 Å². The summed E-state index contributed by atoms with van der Waals surface area (Å²) < 4.78 is 11.8. The van der Waals surface area contributed by atoms with E-state index in [9.17, 15) is 0 Å². The van der Waals surface area contributed by atoms with E-state index in [1.54, 1.807) is 0 Å². The van der Waals surface area contributed by atoms with Gasteiger partial charge in [0.2, 0.25) is 0 Å². The third kappa shape index (κ3) is 9.75. The molecule has 1 saturated carbocycles. The molecular weight excluding hydrogens is 272 g/mol. The maximum absolute atomic E-state index is 5.88. The van der Waals surface area contributed by atoms with Crippen molar-refractivity contribution in [2.75, 3.05) is 13.2 Å². The third-order valence-electron chi connectivity index (χ3n) is 3.72. The van der Waals surface area contributed by atoms with Gasteiger partial charge in [-0.25, -0.2) is 0 Å². The van der Waals surface area contributed by atoms with Gasteiger partial charge < -0.3 is 9.47 Å². The standard InChI is InChI=1S/C20H32O2/c1-3-5-7-9-11-17-21-19-13-15-20(16-14-19)22-18-12-10-8-6-4-2/h5-12,19-20H,3-4,13-18H2,1-2H3/b7-5+,8-6+,11-9+,12-10+/t19-,20-. The van der Waals surface area contributed by atoms with Crippen LogP contribution in [-0.2, 0) is 9.47 Å². The van der Waals surface area contributed by atoms with Gasteiger partial charge in [-0.2, -0.15) is 0 Å². The SMILES string of the molecule is CC/C=C/C=C/CO[C@H]1CC[C@H](OC/C=C/C=C/CC)CC1. The Labute approximate surface area is 136 Å². The van der Waals surface area contributed by atoms with Crippen LogP contribution < -0.4 is 0 Å². The number of hydrogen-bond donors (Lipinski definition) is 0. The second-order valence-electron chi connectivity index (χ2n) is 5.59. The summed E-state index contributed by atoms with van der Waals surface area (Å²) in [7, 11) is 0. The largest absolute Gasteiger partial charge is 0.374 e. The first-order chi connectivity index (χ1) is 10.9. The zero-order valence-electron chi connectivity index (χ0n) is 14.2. The summed E-state index contributed by atoms with van der Waals surface area (Å²) >= 11 is 0. The lowest BCUT2D eigenvalue weighted by molar-refractivity contribution is -0.0163. The van der Waals surface area contributed by atoms with Crippen molar-refractivity contribution in [1.29, 1.82) is 0 Å². The molecule has 1 aliphatic carbocycles. The minimum absolute atomic E-state index is 0.405. The summed E-state index contributed by atoms with van der Waals surface area (Å²) in [5, 5.41) is 0. The van der Waals surface area contributed by atoms with Gasteiger partial charge in [-0.05, 0) is 38.5 Å². The minimum Gasteiger partial charge on any atom is -0.374 e. The van der Waals surface area contributed by atoms with Crippen LogP contribution in [0.25, 0.3) is 0 Å². The maximum Gasteiger partial charge on any atom is 0.0654 e. The van der Waals surface area contributed by atoms with E-state index >= 15 is 0 Å². The molecule has 0 amide bonds.